The highest BCUT2D eigenvalue weighted by molar-refractivity contribution is 5.93. The molecule has 2 rings (SSSR count). The lowest BCUT2D eigenvalue weighted by atomic mass is 10.1. The Bertz CT molecular complexity index is 722. The Morgan fingerprint density at radius 3 is 2.50 bits per heavy atom. The standard InChI is InChI=1S/C16H18N2O2/c1-4-11-7-8-14-12(9-11)15(18(5-2)6-3)13(10-17)16(19)20-14/h7-9H,4-6H2,1-3H3. The summed E-state index contributed by atoms with van der Waals surface area (Å²) in [6.07, 6.45) is 0.897. The molecule has 0 aliphatic rings. The molecule has 0 N–H and O–H groups in total. The Labute approximate surface area is 118 Å². The van der Waals surface area contributed by atoms with E-state index >= 15 is 0 Å². The third kappa shape index (κ3) is 2.27. The molecule has 20 heavy (non-hydrogen) atoms. The van der Waals surface area contributed by atoms with Gasteiger partial charge in [-0.05, 0) is 38.0 Å². The first-order valence-electron chi connectivity index (χ1n) is 6.90. The van der Waals surface area contributed by atoms with E-state index in [-0.39, 0.29) is 5.56 Å². The minimum absolute atomic E-state index is 0.0921. The molecule has 0 saturated heterocycles. The summed E-state index contributed by atoms with van der Waals surface area (Å²) in [6, 6.07) is 7.76. The Morgan fingerprint density at radius 1 is 1.25 bits per heavy atom. The molecule has 0 spiro atoms. The second kappa shape index (κ2) is 5.79. The fraction of sp³-hybridized carbons (Fsp3) is 0.375. The van der Waals surface area contributed by atoms with E-state index in [4.69, 9.17) is 4.42 Å². The maximum absolute atomic E-state index is 12.0. The molecule has 0 radical (unpaired) electrons. The highest BCUT2D eigenvalue weighted by atomic mass is 16.4. The SMILES string of the molecule is CCc1ccc2oc(=O)c(C#N)c(N(CC)CC)c2c1. The van der Waals surface area contributed by atoms with Crippen LogP contribution >= 0.6 is 0 Å². The Kier molecular flexibility index (Phi) is 4.09. The second-order valence-electron chi connectivity index (χ2n) is 4.58. The molecule has 4 nitrogen and oxygen atoms in total. The molecular weight excluding hydrogens is 252 g/mol. The first-order valence-corrected chi connectivity index (χ1v) is 6.90. The minimum atomic E-state index is -0.564. The number of nitriles is 1. The quantitative estimate of drug-likeness (QED) is 0.801. The summed E-state index contributed by atoms with van der Waals surface area (Å²) in [5, 5.41) is 10.1. The van der Waals surface area contributed by atoms with Gasteiger partial charge >= 0.3 is 5.63 Å². The van der Waals surface area contributed by atoms with E-state index in [1.54, 1.807) is 0 Å². The van der Waals surface area contributed by atoms with E-state index in [2.05, 4.69) is 6.92 Å². The van der Waals surface area contributed by atoms with Crippen LogP contribution in [0, 0.1) is 11.3 Å². The zero-order valence-corrected chi connectivity index (χ0v) is 12.1. The fourth-order valence-electron chi connectivity index (χ4n) is 2.42. The Morgan fingerprint density at radius 2 is 1.95 bits per heavy atom. The lowest BCUT2D eigenvalue weighted by Gasteiger charge is -2.23. The molecule has 1 aromatic carbocycles. The number of anilines is 1. The Balaban J connectivity index is 2.90. The second-order valence-corrected chi connectivity index (χ2v) is 4.58. The van der Waals surface area contributed by atoms with Crippen molar-refractivity contribution < 1.29 is 4.42 Å². The third-order valence-electron chi connectivity index (χ3n) is 3.54. The van der Waals surface area contributed by atoms with E-state index in [1.165, 1.54) is 0 Å². The summed E-state index contributed by atoms with van der Waals surface area (Å²) in [6.45, 7) is 7.56. The first kappa shape index (κ1) is 14.1. The van der Waals surface area contributed by atoms with Gasteiger partial charge in [-0.3, -0.25) is 0 Å². The fourth-order valence-corrected chi connectivity index (χ4v) is 2.42. The van der Waals surface area contributed by atoms with Crippen molar-refractivity contribution in [1.29, 1.82) is 5.26 Å². The van der Waals surface area contributed by atoms with Crippen LogP contribution in [0.2, 0.25) is 0 Å². The number of hydrogen-bond acceptors (Lipinski definition) is 4. The summed E-state index contributed by atoms with van der Waals surface area (Å²) in [4.78, 5) is 14.0. The van der Waals surface area contributed by atoms with Gasteiger partial charge in [-0.1, -0.05) is 13.0 Å². The van der Waals surface area contributed by atoms with Crippen LogP contribution in [-0.4, -0.2) is 13.1 Å². The van der Waals surface area contributed by atoms with Crippen LogP contribution in [0.3, 0.4) is 0 Å². The average Bonchev–Trinajstić information content (AvgIpc) is 2.48. The molecule has 0 bridgehead atoms. The molecule has 0 amide bonds. The minimum Gasteiger partial charge on any atom is -0.422 e. The lowest BCUT2D eigenvalue weighted by Crippen LogP contribution is -2.25. The Hall–Kier alpha value is -2.28. The molecule has 0 fully saturated rings. The van der Waals surface area contributed by atoms with E-state index in [0.29, 0.717) is 11.3 Å². The molecule has 0 aliphatic heterocycles. The first-order chi connectivity index (χ1) is 9.65. The van der Waals surface area contributed by atoms with Crippen LogP contribution in [0.1, 0.15) is 31.9 Å². The van der Waals surface area contributed by atoms with E-state index in [1.807, 2.05) is 43.0 Å². The summed E-state index contributed by atoms with van der Waals surface area (Å²) >= 11 is 0. The molecule has 0 atom stereocenters. The van der Waals surface area contributed by atoms with Crippen LogP contribution in [-0.2, 0) is 6.42 Å². The molecule has 4 heteroatoms. The summed E-state index contributed by atoms with van der Waals surface area (Å²) in [7, 11) is 0. The molecule has 104 valence electrons. The van der Waals surface area contributed by atoms with Gasteiger partial charge in [0.2, 0.25) is 0 Å². The monoisotopic (exact) mass is 270 g/mol. The van der Waals surface area contributed by atoms with Crippen molar-refractivity contribution in [2.45, 2.75) is 27.2 Å². The van der Waals surface area contributed by atoms with Gasteiger partial charge in [0.1, 0.15) is 11.7 Å². The van der Waals surface area contributed by atoms with Gasteiger partial charge in [0.25, 0.3) is 0 Å². The summed E-state index contributed by atoms with van der Waals surface area (Å²) in [5.74, 6) is 0. The smallest absolute Gasteiger partial charge is 0.356 e. The van der Waals surface area contributed by atoms with Crippen molar-refractivity contribution in [3.8, 4) is 6.07 Å². The largest absolute Gasteiger partial charge is 0.422 e. The van der Waals surface area contributed by atoms with E-state index in [0.717, 1.165) is 30.5 Å². The van der Waals surface area contributed by atoms with Gasteiger partial charge < -0.3 is 9.32 Å². The third-order valence-corrected chi connectivity index (χ3v) is 3.54. The van der Waals surface area contributed by atoms with Crippen molar-refractivity contribution >= 4 is 16.7 Å². The number of nitrogens with zero attached hydrogens (tertiary/aromatic N) is 2. The van der Waals surface area contributed by atoms with Gasteiger partial charge in [-0.15, -0.1) is 0 Å². The molecule has 0 saturated carbocycles. The summed E-state index contributed by atoms with van der Waals surface area (Å²) in [5.41, 5.74) is 1.91. The zero-order valence-electron chi connectivity index (χ0n) is 12.1. The topological polar surface area (TPSA) is 57.2 Å². The number of rotatable bonds is 4. The zero-order chi connectivity index (χ0) is 14.7. The van der Waals surface area contributed by atoms with Crippen LogP contribution in [0.4, 0.5) is 5.69 Å². The average molecular weight is 270 g/mol. The summed E-state index contributed by atoms with van der Waals surface area (Å²) < 4.78 is 5.26. The normalized spacial score (nSPS) is 10.5. The van der Waals surface area contributed by atoms with Crippen LogP contribution in [0.25, 0.3) is 11.0 Å². The maximum atomic E-state index is 12.0. The highest BCUT2D eigenvalue weighted by Crippen LogP contribution is 2.29. The van der Waals surface area contributed by atoms with Gasteiger partial charge in [0.15, 0.2) is 5.56 Å². The highest BCUT2D eigenvalue weighted by Gasteiger charge is 2.18. The van der Waals surface area contributed by atoms with Gasteiger partial charge in [0, 0.05) is 18.5 Å². The van der Waals surface area contributed by atoms with Crippen molar-refractivity contribution in [2.75, 3.05) is 18.0 Å². The number of benzene rings is 1. The van der Waals surface area contributed by atoms with E-state index in [9.17, 15) is 10.1 Å². The lowest BCUT2D eigenvalue weighted by molar-refractivity contribution is 0.557. The van der Waals surface area contributed by atoms with Crippen molar-refractivity contribution in [2.24, 2.45) is 0 Å². The number of hydrogen-bond donors (Lipinski definition) is 0. The van der Waals surface area contributed by atoms with Crippen molar-refractivity contribution in [1.82, 2.24) is 0 Å². The maximum Gasteiger partial charge on any atom is 0.356 e. The number of aryl methyl sites for hydroxylation is 1. The predicted molar refractivity (Wildman–Crippen MR) is 80.1 cm³/mol. The van der Waals surface area contributed by atoms with Gasteiger partial charge in [-0.2, -0.15) is 5.26 Å². The molecule has 0 aliphatic carbocycles. The molecule has 2 aromatic rings. The number of fused-ring (bicyclic) bond motifs is 1. The van der Waals surface area contributed by atoms with Gasteiger partial charge in [0.05, 0.1) is 5.69 Å². The van der Waals surface area contributed by atoms with E-state index < -0.39 is 5.63 Å². The molecule has 1 aromatic heterocycles. The molecular formula is C16H18N2O2. The van der Waals surface area contributed by atoms with Crippen LogP contribution in [0.15, 0.2) is 27.4 Å². The molecule has 0 unspecified atom stereocenters. The van der Waals surface area contributed by atoms with Gasteiger partial charge in [-0.25, -0.2) is 4.79 Å². The molecule has 1 heterocycles. The van der Waals surface area contributed by atoms with Crippen molar-refractivity contribution in [3.63, 3.8) is 0 Å². The van der Waals surface area contributed by atoms with Crippen molar-refractivity contribution in [3.05, 3.63) is 39.7 Å². The van der Waals surface area contributed by atoms with Crippen LogP contribution < -0.4 is 10.5 Å². The van der Waals surface area contributed by atoms with Crippen LogP contribution in [0.5, 0.6) is 0 Å². The predicted octanol–water partition coefficient (Wildman–Crippen LogP) is 3.07.